The lowest BCUT2D eigenvalue weighted by Gasteiger charge is -2.04. The Morgan fingerprint density at radius 2 is 1.89 bits per heavy atom. The van der Waals surface area contributed by atoms with Crippen LogP contribution in [-0.4, -0.2) is 4.57 Å². The first-order valence-electron chi connectivity index (χ1n) is 6.51. The van der Waals surface area contributed by atoms with Crippen molar-refractivity contribution in [3.63, 3.8) is 0 Å². The Hall–Kier alpha value is -2.46. The zero-order valence-corrected chi connectivity index (χ0v) is 10.8. The van der Waals surface area contributed by atoms with Crippen LogP contribution >= 0.6 is 0 Å². The van der Waals surface area contributed by atoms with Crippen molar-refractivity contribution in [2.45, 2.75) is 6.42 Å². The molecule has 4 rings (SSSR count). The maximum absolute atomic E-state index is 3.04. The van der Waals surface area contributed by atoms with Gasteiger partial charge in [0.15, 0.2) is 0 Å². The van der Waals surface area contributed by atoms with E-state index >= 15 is 0 Å². The number of rotatable bonds is 0. The number of nitrogens with zero attached hydrogens (tertiary/aromatic N) is 1. The molecule has 2 aliphatic carbocycles. The summed E-state index contributed by atoms with van der Waals surface area (Å²) in [6, 6.07) is 4.51. The lowest BCUT2D eigenvalue weighted by molar-refractivity contribution is 0.922. The number of allylic oxidation sites excluding steroid dienone is 2. The molecular weight excluding hydrogens is 230 g/mol. The largest absolute Gasteiger partial charge is 0.344 e. The number of aryl methyl sites for hydroxylation is 1. The standard InChI is InChI=1S/C18H13N/c1-19-17-10-4-2-3-9-15(17)16-11-13-7-5-6-8-14(13)12-18(16)19/h2-3,7-12H,4H2,1H3. The first kappa shape index (κ1) is 10.5. The summed E-state index contributed by atoms with van der Waals surface area (Å²) in [6.07, 6.45) is 13.8. The van der Waals surface area contributed by atoms with E-state index in [1.165, 1.54) is 32.6 Å². The predicted molar refractivity (Wildman–Crippen MR) is 80.8 cm³/mol. The minimum absolute atomic E-state index is 0.995. The van der Waals surface area contributed by atoms with Crippen LogP contribution in [0.2, 0.25) is 0 Å². The van der Waals surface area contributed by atoms with Crippen LogP contribution in [-0.2, 0) is 7.05 Å². The fraction of sp³-hybridized carbons (Fsp3) is 0.111. The Bertz CT molecular complexity index is 952. The molecule has 1 heteroatoms. The fourth-order valence-electron chi connectivity index (χ4n) is 2.90. The second kappa shape index (κ2) is 3.76. The Morgan fingerprint density at radius 1 is 1.11 bits per heavy atom. The van der Waals surface area contributed by atoms with Crippen LogP contribution in [0.1, 0.15) is 17.5 Å². The Morgan fingerprint density at radius 3 is 2.74 bits per heavy atom. The minimum Gasteiger partial charge on any atom is -0.344 e. The lowest BCUT2D eigenvalue weighted by atomic mass is 10.0. The van der Waals surface area contributed by atoms with Crippen LogP contribution in [0.5, 0.6) is 0 Å². The van der Waals surface area contributed by atoms with E-state index in [4.69, 9.17) is 0 Å². The number of aromatic nitrogens is 1. The summed E-state index contributed by atoms with van der Waals surface area (Å²) >= 11 is 0. The van der Waals surface area contributed by atoms with Gasteiger partial charge in [-0.3, -0.25) is 0 Å². The second-order valence-corrected chi connectivity index (χ2v) is 4.97. The molecule has 0 spiro atoms. The highest BCUT2D eigenvalue weighted by Crippen LogP contribution is 2.21. The lowest BCUT2D eigenvalue weighted by Crippen LogP contribution is -2.26. The van der Waals surface area contributed by atoms with Gasteiger partial charge in [0.1, 0.15) is 0 Å². The molecule has 0 unspecified atom stereocenters. The van der Waals surface area contributed by atoms with Crippen LogP contribution in [0, 0.1) is 0 Å². The van der Waals surface area contributed by atoms with Gasteiger partial charge in [-0.2, -0.15) is 0 Å². The molecule has 19 heavy (non-hydrogen) atoms. The molecule has 0 saturated carbocycles. The van der Waals surface area contributed by atoms with E-state index in [0.717, 1.165) is 6.42 Å². The van der Waals surface area contributed by atoms with Gasteiger partial charge in [-0.15, -0.1) is 0 Å². The first-order chi connectivity index (χ1) is 9.34. The van der Waals surface area contributed by atoms with Gasteiger partial charge < -0.3 is 4.57 Å². The summed E-state index contributed by atoms with van der Waals surface area (Å²) in [5.41, 5.74) is 9.79. The SMILES string of the molecule is Cn1c2c(c3cc4c(cc31)C=C=C=C4)=CC=CCC=2. The summed E-state index contributed by atoms with van der Waals surface area (Å²) in [6.45, 7) is 0. The highest BCUT2D eigenvalue weighted by Gasteiger charge is 2.09. The number of benzene rings is 1. The summed E-state index contributed by atoms with van der Waals surface area (Å²) in [5, 5.41) is 3.94. The third-order valence-electron chi connectivity index (χ3n) is 3.88. The molecule has 2 aromatic rings. The zero-order chi connectivity index (χ0) is 12.8. The van der Waals surface area contributed by atoms with Crippen LogP contribution in [0.3, 0.4) is 0 Å². The van der Waals surface area contributed by atoms with E-state index in [2.05, 4.69) is 59.5 Å². The molecule has 2 aliphatic rings. The highest BCUT2D eigenvalue weighted by atomic mass is 14.9. The molecule has 0 N–H and O–H groups in total. The summed E-state index contributed by atoms with van der Waals surface area (Å²) in [4.78, 5) is 0. The minimum atomic E-state index is 0.995. The van der Waals surface area contributed by atoms with Crippen LogP contribution in [0.15, 0.2) is 35.7 Å². The van der Waals surface area contributed by atoms with Crippen molar-refractivity contribution in [2.75, 3.05) is 0 Å². The monoisotopic (exact) mass is 243 g/mol. The van der Waals surface area contributed by atoms with Gasteiger partial charge in [-0.1, -0.05) is 35.8 Å². The van der Waals surface area contributed by atoms with Crippen LogP contribution in [0.25, 0.3) is 35.2 Å². The molecule has 1 nitrogen and oxygen atoms in total. The summed E-state index contributed by atoms with van der Waals surface area (Å²) in [5.74, 6) is 0. The van der Waals surface area contributed by atoms with Crippen molar-refractivity contribution in [3.8, 4) is 0 Å². The van der Waals surface area contributed by atoms with E-state index < -0.39 is 0 Å². The smallest absolute Gasteiger partial charge is 0.0495 e. The fourth-order valence-corrected chi connectivity index (χ4v) is 2.90. The van der Waals surface area contributed by atoms with Crippen molar-refractivity contribution < 1.29 is 0 Å². The quantitative estimate of drug-likeness (QED) is 0.535. The predicted octanol–water partition coefficient (Wildman–Crippen LogP) is 2.49. The average Bonchev–Trinajstić information content (AvgIpc) is 2.63. The van der Waals surface area contributed by atoms with Crippen molar-refractivity contribution in [1.29, 1.82) is 0 Å². The van der Waals surface area contributed by atoms with Crippen molar-refractivity contribution in [3.05, 3.63) is 57.4 Å². The topological polar surface area (TPSA) is 4.93 Å². The van der Waals surface area contributed by atoms with Crippen molar-refractivity contribution in [2.24, 2.45) is 7.05 Å². The molecule has 0 aliphatic heterocycles. The average molecular weight is 243 g/mol. The normalized spacial score (nSPS) is 14.8. The summed E-state index contributed by atoms with van der Waals surface area (Å²) < 4.78 is 2.28. The molecule has 1 heterocycles. The molecule has 0 radical (unpaired) electrons. The Kier molecular flexibility index (Phi) is 2.07. The molecule has 1 aromatic heterocycles. The van der Waals surface area contributed by atoms with Gasteiger partial charge in [0.25, 0.3) is 0 Å². The van der Waals surface area contributed by atoms with Crippen LogP contribution in [0.4, 0.5) is 0 Å². The van der Waals surface area contributed by atoms with Crippen molar-refractivity contribution in [1.82, 2.24) is 4.57 Å². The molecule has 90 valence electrons. The Labute approximate surface area is 111 Å². The number of fused-ring (bicyclic) bond motifs is 4. The third-order valence-corrected chi connectivity index (χ3v) is 3.88. The molecule has 0 saturated heterocycles. The molecule has 0 fully saturated rings. The van der Waals surface area contributed by atoms with Gasteiger partial charge in [-0.05, 0) is 41.8 Å². The molecule has 0 amide bonds. The van der Waals surface area contributed by atoms with Gasteiger partial charge in [0, 0.05) is 28.5 Å². The van der Waals surface area contributed by atoms with Gasteiger partial charge >= 0.3 is 0 Å². The molecule has 0 atom stereocenters. The Balaban J connectivity index is 2.24. The van der Waals surface area contributed by atoms with Gasteiger partial charge in [-0.25, -0.2) is 0 Å². The third kappa shape index (κ3) is 1.44. The van der Waals surface area contributed by atoms with E-state index in [0.29, 0.717) is 0 Å². The molecular formula is C18H13N. The summed E-state index contributed by atoms with van der Waals surface area (Å²) in [7, 11) is 2.14. The number of hydrogen-bond acceptors (Lipinski definition) is 0. The van der Waals surface area contributed by atoms with Gasteiger partial charge in [0.2, 0.25) is 0 Å². The second-order valence-electron chi connectivity index (χ2n) is 4.97. The van der Waals surface area contributed by atoms with E-state index in [1.54, 1.807) is 0 Å². The van der Waals surface area contributed by atoms with E-state index in [1.807, 2.05) is 12.2 Å². The maximum Gasteiger partial charge on any atom is 0.0495 e. The first-order valence-corrected chi connectivity index (χ1v) is 6.51. The van der Waals surface area contributed by atoms with Gasteiger partial charge in [0.05, 0.1) is 0 Å². The molecule has 0 bridgehead atoms. The number of hydrogen-bond donors (Lipinski definition) is 0. The maximum atomic E-state index is 3.04. The van der Waals surface area contributed by atoms with E-state index in [9.17, 15) is 0 Å². The van der Waals surface area contributed by atoms with Crippen molar-refractivity contribution >= 4 is 35.2 Å². The van der Waals surface area contributed by atoms with Crippen LogP contribution < -0.4 is 10.6 Å². The van der Waals surface area contributed by atoms with E-state index in [-0.39, 0.29) is 0 Å². The molecule has 1 aromatic carbocycles. The zero-order valence-electron chi connectivity index (χ0n) is 10.8. The highest BCUT2D eigenvalue weighted by molar-refractivity contribution is 5.89.